The number of hydrogen-bond acceptors (Lipinski definition) is 5. The second-order valence-corrected chi connectivity index (χ2v) is 11.0. The first kappa shape index (κ1) is 24.2. The normalized spacial score (nSPS) is 18.0. The highest BCUT2D eigenvalue weighted by Crippen LogP contribution is 2.40. The number of aromatic nitrogens is 3. The summed E-state index contributed by atoms with van der Waals surface area (Å²) in [4.78, 5) is 32.8. The summed E-state index contributed by atoms with van der Waals surface area (Å²) in [6, 6.07) is 13.4. The fourth-order valence-electron chi connectivity index (χ4n) is 4.99. The molecule has 4 aromatic rings. The molecule has 0 bridgehead atoms. The average molecular weight is 503 g/mol. The van der Waals surface area contributed by atoms with Crippen molar-refractivity contribution in [3.63, 3.8) is 0 Å². The Morgan fingerprint density at radius 1 is 1.08 bits per heavy atom. The molecule has 36 heavy (non-hydrogen) atoms. The molecule has 0 aliphatic heterocycles. The third kappa shape index (κ3) is 4.65. The Morgan fingerprint density at radius 2 is 1.78 bits per heavy atom. The Hall–Kier alpha value is -3.52. The average Bonchev–Trinajstić information content (AvgIpc) is 3.49. The van der Waals surface area contributed by atoms with Gasteiger partial charge in [0, 0.05) is 40.9 Å². The van der Waals surface area contributed by atoms with E-state index in [-0.39, 0.29) is 22.7 Å². The Labute approximate surface area is 214 Å². The first-order chi connectivity index (χ1) is 17.3. The summed E-state index contributed by atoms with van der Waals surface area (Å²) in [7, 11) is 0. The molecule has 1 N–H and O–H groups in total. The van der Waals surface area contributed by atoms with E-state index in [0.717, 1.165) is 53.0 Å². The van der Waals surface area contributed by atoms with Crippen molar-refractivity contribution in [1.29, 1.82) is 0 Å². The zero-order chi connectivity index (χ0) is 25.4. The van der Waals surface area contributed by atoms with Crippen LogP contribution in [0.25, 0.3) is 27.3 Å². The summed E-state index contributed by atoms with van der Waals surface area (Å²) < 4.78 is 1.73. The van der Waals surface area contributed by atoms with Crippen LogP contribution in [-0.4, -0.2) is 37.6 Å². The molecule has 0 unspecified atom stereocenters. The van der Waals surface area contributed by atoms with Gasteiger partial charge >= 0.3 is 5.97 Å². The van der Waals surface area contributed by atoms with Gasteiger partial charge in [0.15, 0.2) is 5.65 Å². The smallest absolute Gasteiger partial charge is 0.348 e. The van der Waals surface area contributed by atoms with Crippen LogP contribution >= 0.6 is 11.3 Å². The van der Waals surface area contributed by atoms with E-state index in [1.54, 1.807) is 15.6 Å². The zero-order valence-corrected chi connectivity index (χ0v) is 21.5. The molecule has 0 atom stereocenters. The van der Waals surface area contributed by atoms with Gasteiger partial charge in [-0.3, -0.25) is 4.79 Å². The van der Waals surface area contributed by atoms with Crippen LogP contribution in [0.15, 0.2) is 54.9 Å². The van der Waals surface area contributed by atoms with Crippen molar-refractivity contribution in [2.24, 2.45) is 11.8 Å². The van der Waals surface area contributed by atoms with Crippen LogP contribution in [0.4, 0.5) is 5.69 Å². The molecule has 8 heteroatoms. The molecule has 1 amide bonds. The van der Waals surface area contributed by atoms with E-state index in [4.69, 9.17) is 0 Å². The van der Waals surface area contributed by atoms with Crippen LogP contribution in [0.3, 0.4) is 0 Å². The quantitative estimate of drug-likeness (QED) is 0.330. The highest BCUT2D eigenvalue weighted by molar-refractivity contribution is 7.18. The van der Waals surface area contributed by atoms with Crippen LogP contribution in [0.5, 0.6) is 0 Å². The maximum atomic E-state index is 13.6. The Kier molecular flexibility index (Phi) is 6.62. The summed E-state index contributed by atoms with van der Waals surface area (Å²) in [6.45, 7) is 6.13. The van der Waals surface area contributed by atoms with Crippen molar-refractivity contribution < 1.29 is 14.7 Å². The number of carbonyl (C=O) groups excluding carboxylic acids is 1. The lowest BCUT2D eigenvalue weighted by atomic mass is 9.82. The monoisotopic (exact) mass is 502 g/mol. The van der Waals surface area contributed by atoms with Gasteiger partial charge in [-0.1, -0.05) is 31.2 Å². The molecule has 0 spiro atoms. The molecule has 1 aromatic carbocycles. The summed E-state index contributed by atoms with van der Waals surface area (Å²) in [5, 5.41) is 14.6. The van der Waals surface area contributed by atoms with Gasteiger partial charge in [-0.25, -0.2) is 14.3 Å². The van der Waals surface area contributed by atoms with Gasteiger partial charge in [-0.2, -0.15) is 5.10 Å². The van der Waals surface area contributed by atoms with E-state index in [9.17, 15) is 14.7 Å². The third-order valence-corrected chi connectivity index (χ3v) is 8.15. The van der Waals surface area contributed by atoms with Crippen LogP contribution in [-0.2, 0) is 4.79 Å². The fourth-order valence-corrected chi connectivity index (χ4v) is 5.98. The molecule has 5 rings (SSSR count). The minimum absolute atomic E-state index is 0.0413. The number of amides is 1. The topological polar surface area (TPSA) is 87.8 Å². The minimum atomic E-state index is -1.01. The third-order valence-electron chi connectivity index (χ3n) is 6.99. The standard InChI is InChI=1S/C28H30N4O3S/c1-17(2)32(27(33)21-7-5-18(3)6-8-21)23-16-24(36-26(23)28(34)35)20-11-9-19(10-12-20)22-15-25-29-13-4-14-31(25)30-22/h4,9-18,21H,5-8H2,1-3H3,(H,34,35). The van der Waals surface area contributed by atoms with Gasteiger partial charge in [-0.05, 0) is 63.1 Å². The van der Waals surface area contributed by atoms with Crippen molar-refractivity contribution in [2.75, 3.05) is 4.90 Å². The van der Waals surface area contributed by atoms with Crippen molar-refractivity contribution in [1.82, 2.24) is 14.6 Å². The molecule has 3 heterocycles. The molecule has 3 aromatic heterocycles. The number of nitrogens with zero attached hydrogens (tertiary/aromatic N) is 4. The van der Waals surface area contributed by atoms with Crippen LogP contribution in [0.1, 0.15) is 56.1 Å². The number of carboxylic acid groups (broad SMARTS) is 1. The van der Waals surface area contributed by atoms with Gasteiger partial charge in [0.05, 0.1) is 11.4 Å². The molecule has 186 valence electrons. The molecular weight excluding hydrogens is 472 g/mol. The number of carboxylic acids is 1. The second kappa shape index (κ2) is 9.85. The lowest BCUT2D eigenvalue weighted by molar-refractivity contribution is -0.123. The number of benzene rings is 1. The number of thiophene rings is 1. The number of hydrogen-bond donors (Lipinski definition) is 1. The molecule has 1 aliphatic rings. The summed E-state index contributed by atoms with van der Waals surface area (Å²) in [5.74, 6) is -0.373. The molecule has 7 nitrogen and oxygen atoms in total. The Morgan fingerprint density at radius 3 is 2.42 bits per heavy atom. The van der Waals surface area contributed by atoms with Gasteiger partial charge in [0.25, 0.3) is 0 Å². The molecule has 1 fully saturated rings. The van der Waals surface area contributed by atoms with Crippen molar-refractivity contribution in [2.45, 2.75) is 52.5 Å². The minimum Gasteiger partial charge on any atom is -0.477 e. The first-order valence-corrected chi connectivity index (χ1v) is 13.2. The van der Waals surface area contributed by atoms with Gasteiger partial charge in [-0.15, -0.1) is 11.3 Å². The largest absolute Gasteiger partial charge is 0.477 e. The predicted octanol–water partition coefficient (Wildman–Crippen LogP) is 6.39. The maximum absolute atomic E-state index is 13.6. The summed E-state index contributed by atoms with van der Waals surface area (Å²) >= 11 is 1.21. The van der Waals surface area contributed by atoms with Crippen molar-refractivity contribution in [3.05, 3.63) is 59.7 Å². The predicted molar refractivity (Wildman–Crippen MR) is 142 cm³/mol. The van der Waals surface area contributed by atoms with E-state index >= 15 is 0 Å². The van der Waals surface area contributed by atoms with Gasteiger partial charge < -0.3 is 10.0 Å². The zero-order valence-electron chi connectivity index (χ0n) is 20.7. The van der Waals surface area contributed by atoms with E-state index in [1.807, 2.05) is 62.5 Å². The molecule has 1 saturated carbocycles. The van der Waals surface area contributed by atoms with Crippen LogP contribution in [0, 0.1) is 11.8 Å². The Bertz CT molecular complexity index is 1360. The summed E-state index contributed by atoms with van der Waals surface area (Å²) in [6.07, 6.45) is 7.40. The van der Waals surface area contributed by atoms with Gasteiger partial charge in [0.1, 0.15) is 4.88 Å². The Balaban J connectivity index is 1.46. The van der Waals surface area contributed by atoms with Crippen LogP contribution < -0.4 is 4.90 Å². The van der Waals surface area contributed by atoms with Crippen LogP contribution in [0.2, 0.25) is 0 Å². The van der Waals surface area contributed by atoms with E-state index in [0.29, 0.717) is 11.6 Å². The second-order valence-electron chi connectivity index (χ2n) is 9.92. The molecule has 0 radical (unpaired) electrons. The van der Waals surface area contributed by atoms with E-state index < -0.39 is 5.97 Å². The maximum Gasteiger partial charge on any atom is 0.348 e. The first-order valence-electron chi connectivity index (χ1n) is 12.4. The van der Waals surface area contributed by atoms with E-state index in [1.165, 1.54) is 11.3 Å². The molecule has 0 saturated heterocycles. The lowest BCUT2D eigenvalue weighted by Crippen LogP contribution is -2.42. The number of anilines is 1. The van der Waals surface area contributed by atoms with E-state index in [2.05, 4.69) is 17.0 Å². The lowest BCUT2D eigenvalue weighted by Gasteiger charge is -2.33. The van der Waals surface area contributed by atoms with Gasteiger partial charge in [0.2, 0.25) is 5.91 Å². The number of aromatic carboxylic acids is 1. The summed E-state index contributed by atoms with van der Waals surface area (Å²) in [5.41, 5.74) is 3.94. The molecular formula is C28H30N4O3S. The number of fused-ring (bicyclic) bond motifs is 1. The number of rotatable bonds is 6. The number of carbonyl (C=O) groups is 2. The van der Waals surface area contributed by atoms with Crippen molar-refractivity contribution in [3.8, 4) is 21.7 Å². The van der Waals surface area contributed by atoms with Crippen molar-refractivity contribution >= 4 is 34.5 Å². The molecule has 1 aliphatic carbocycles. The highest BCUT2D eigenvalue weighted by Gasteiger charge is 2.33. The highest BCUT2D eigenvalue weighted by atomic mass is 32.1. The fraction of sp³-hybridized carbons (Fsp3) is 0.357. The SMILES string of the molecule is CC1CCC(C(=O)N(c2cc(-c3ccc(-c4cc5ncccn5n4)cc3)sc2C(=O)O)C(C)C)CC1.